The van der Waals surface area contributed by atoms with Gasteiger partial charge in [-0.1, -0.05) is 0 Å². The van der Waals surface area contributed by atoms with E-state index in [1.165, 1.54) is 0 Å². The quantitative estimate of drug-likeness (QED) is 0.660. The van der Waals surface area contributed by atoms with Crippen LogP contribution in [0.4, 0.5) is 0 Å². The van der Waals surface area contributed by atoms with Gasteiger partial charge in [0.15, 0.2) is 0 Å². The molecule has 0 bridgehead atoms. The largest absolute Gasteiger partial charge is 0.348 e. The van der Waals surface area contributed by atoms with Gasteiger partial charge in [-0.2, -0.15) is 4.98 Å². The molecule has 1 aromatic heterocycles. The Morgan fingerprint density at radius 2 is 1.77 bits per heavy atom. The molecule has 13 heavy (non-hydrogen) atoms. The molecule has 1 aromatic rings. The SMILES string of the molecule is Cc1nc(=O)n(C(C)C)c(C)c1C. The van der Waals surface area contributed by atoms with Crippen molar-refractivity contribution in [3.8, 4) is 0 Å². The highest BCUT2D eigenvalue weighted by molar-refractivity contribution is 5.21. The molecule has 0 saturated heterocycles. The minimum atomic E-state index is -0.143. The molecule has 0 amide bonds. The van der Waals surface area contributed by atoms with E-state index >= 15 is 0 Å². The number of hydrogen-bond donors (Lipinski definition) is 0. The van der Waals surface area contributed by atoms with Crippen LogP contribution < -0.4 is 5.69 Å². The maximum atomic E-state index is 11.5. The molecule has 0 aliphatic carbocycles. The smallest absolute Gasteiger partial charge is 0.294 e. The highest BCUT2D eigenvalue weighted by Crippen LogP contribution is 2.10. The van der Waals surface area contributed by atoms with Gasteiger partial charge < -0.3 is 0 Å². The van der Waals surface area contributed by atoms with E-state index in [4.69, 9.17) is 0 Å². The van der Waals surface area contributed by atoms with E-state index in [-0.39, 0.29) is 11.7 Å². The van der Waals surface area contributed by atoms with Gasteiger partial charge in [0, 0.05) is 17.4 Å². The Morgan fingerprint density at radius 3 is 2.23 bits per heavy atom. The summed E-state index contributed by atoms with van der Waals surface area (Å²) in [5, 5.41) is 0. The van der Waals surface area contributed by atoms with Crippen molar-refractivity contribution in [2.75, 3.05) is 0 Å². The Hall–Kier alpha value is -1.12. The molecule has 0 aliphatic rings. The number of rotatable bonds is 1. The van der Waals surface area contributed by atoms with Crippen molar-refractivity contribution in [1.82, 2.24) is 9.55 Å². The van der Waals surface area contributed by atoms with Crippen molar-refractivity contribution < 1.29 is 0 Å². The first kappa shape index (κ1) is 9.96. The zero-order chi connectivity index (χ0) is 10.2. The van der Waals surface area contributed by atoms with E-state index in [2.05, 4.69) is 4.98 Å². The lowest BCUT2D eigenvalue weighted by Gasteiger charge is -2.15. The number of aromatic nitrogens is 2. The van der Waals surface area contributed by atoms with Crippen molar-refractivity contribution >= 4 is 0 Å². The van der Waals surface area contributed by atoms with Crippen LogP contribution in [0, 0.1) is 20.8 Å². The second-order valence-corrected chi connectivity index (χ2v) is 3.65. The first-order chi connectivity index (χ1) is 5.95. The summed E-state index contributed by atoms with van der Waals surface area (Å²) in [6, 6.07) is 0.180. The van der Waals surface area contributed by atoms with Crippen LogP contribution in [-0.2, 0) is 0 Å². The van der Waals surface area contributed by atoms with E-state index in [9.17, 15) is 4.79 Å². The third kappa shape index (κ3) is 1.64. The van der Waals surface area contributed by atoms with Crippen LogP contribution in [0.2, 0.25) is 0 Å². The van der Waals surface area contributed by atoms with Gasteiger partial charge in [-0.3, -0.25) is 4.57 Å². The minimum Gasteiger partial charge on any atom is -0.294 e. The van der Waals surface area contributed by atoms with Crippen LogP contribution in [0.1, 0.15) is 36.8 Å². The predicted molar refractivity (Wildman–Crippen MR) is 53.1 cm³/mol. The Morgan fingerprint density at radius 1 is 1.23 bits per heavy atom. The highest BCUT2D eigenvalue weighted by Gasteiger charge is 2.09. The molecule has 3 heteroatoms. The predicted octanol–water partition coefficient (Wildman–Crippen LogP) is 1.75. The van der Waals surface area contributed by atoms with E-state index < -0.39 is 0 Å². The summed E-state index contributed by atoms with van der Waals surface area (Å²) in [6.45, 7) is 9.81. The molecular formula is C10H16N2O. The summed E-state index contributed by atoms with van der Waals surface area (Å²) >= 11 is 0. The molecule has 1 heterocycles. The van der Waals surface area contributed by atoms with E-state index in [1.54, 1.807) is 4.57 Å². The van der Waals surface area contributed by atoms with Crippen LogP contribution in [0.25, 0.3) is 0 Å². The molecule has 3 nitrogen and oxygen atoms in total. The van der Waals surface area contributed by atoms with E-state index in [1.807, 2.05) is 34.6 Å². The topological polar surface area (TPSA) is 34.9 Å². The molecule has 0 spiro atoms. The average Bonchev–Trinajstić information content (AvgIpc) is 1.99. The maximum absolute atomic E-state index is 11.5. The summed E-state index contributed by atoms with van der Waals surface area (Å²) in [6.07, 6.45) is 0. The van der Waals surface area contributed by atoms with Crippen molar-refractivity contribution in [3.63, 3.8) is 0 Å². The van der Waals surface area contributed by atoms with Gasteiger partial charge in [-0.25, -0.2) is 4.79 Å². The fourth-order valence-corrected chi connectivity index (χ4v) is 1.48. The fourth-order valence-electron chi connectivity index (χ4n) is 1.48. The standard InChI is InChI=1S/C10H16N2O/c1-6(2)12-9(5)7(3)8(4)11-10(12)13/h6H,1-5H3. The Labute approximate surface area is 78.4 Å². The Bertz CT molecular complexity index is 377. The second-order valence-electron chi connectivity index (χ2n) is 3.65. The summed E-state index contributed by atoms with van der Waals surface area (Å²) < 4.78 is 1.72. The molecule has 0 unspecified atom stereocenters. The van der Waals surface area contributed by atoms with Gasteiger partial charge in [-0.15, -0.1) is 0 Å². The van der Waals surface area contributed by atoms with Crippen LogP contribution >= 0.6 is 0 Å². The maximum Gasteiger partial charge on any atom is 0.348 e. The first-order valence-corrected chi connectivity index (χ1v) is 4.51. The lowest BCUT2D eigenvalue weighted by Crippen LogP contribution is -2.28. The summed E-state index contributed by atoms with van der Waals surface area (Å²) in [4.78, 5) is 15.5. The van der Waals surface area contributed by atoms with Gasteiger partial charge >= 0.3 is 5.69 Å². The zero-order valence-corrected chi connectivity index (χ0v) is 8.88. The summed E-state index contributed by atoms with van der Waals surface area (Å²) in [7, 11) is 0. The average molecular weight is 180 g/mol. The Balaban J connectivity index is 3.54. The van der Waals surface area contributed by atoms with Gasteiger partial charge in [0.1, 0.15) is 0 Å². The van der Waals surface area contributed by atoms with Crippen molar-refractivity contribution in [2.24, 2.45) is 0 Å². The fraction of sp³-hybridized carbons (Fsp3) is 0.600. The lowest BCUT2D eigenvalue weighted by molar-refractivity contribution is 0.542. The lowest BCUT2D eigenvalue weighted by atomic mass is 10.2. The number of hydrogen-bond acceptors (Lipinski definition) is 2. The molecule has 0 fully saturated rings. The van der Waals surface area contributed by atoms with Gasteiger partial charge in [0.25, 0.3) is 0 Å². The van der Waals surface area contributed by atoms with Gasteiger partial charge in [0.05, 0.1) is 0 Å². The van der Waals surface area contributed by atoms with Crippen LogP contribution in [-0.4, -0.2) is 9.55 Å². The normalized spacial score (nSPS) is 10.9. The van der Waals surface area contributed by atoms with Crippen molar-refractivity contribution in [2.45, 2.75) is 40.7 Å². The molecule has 0 N–H and O–H groups in total. The number of aryl methyl sites for hydroxylation is 1. The highest BCUT2D eigenvalue weighted by atomic mass is 16.1. The molecule has 0 atom stereocenters. The summed E-state index contributed by atoms with van der Waals surface area (Å²) in [5.74, 6) is 0. The second kappa shape index (κ2) is 3.32. The molecule has 1 rings (SSSR count). The van der Waals surface area contributed by atoms with Crippen molar-refractivity contribution in [3.05, 3.63) is 27.4 Å². The van der Waals surface area contributed by atoms with E-state index in [0.717, 1.165) is 17.0 Å². The number of nitrogens with zero attached hydrogens (tertiary/aromatic N) is 2. The molecule has 0 radical (unpaired) electrons. The first-order valence-electron chi connectivity index (χ1n) is 4.51. The molecular weight excluding hydrogens is 164 g/mol. The van der Waals surface area contributed by atoms with Crippen LogP contribution in [0.15, 0.2) is 4.79 Å². The molecule has 0 aromatic carbocycles. The molecule has 0 aliphatic heterocycles. The minimum absolute atomic E-state index is 0.143. The third-order valence-electron chi connectivity index (χ3n) is 2.43. The van der Waals surface area contributed by atoms with Gasteiger partial charge in [-0.05, 0) is 40.2 Å². The zero-order valence-electron chi connectivity index (χ0n) is 8.88. The Kier molecular flexibility index (Phi) is 2.55. The van der Waals surface area contributed by atoms with Gasteiger partial charge in [0.2, 0.25) is 0 Å². The molecule has 0 saturated carbocycles. The van der Waals surface area contributed by atoms with Crippen LogP contribution in [0.5, 0.6) is 0 Å². The summed E-state index contributed by atoms with van der Waals surface area (Å²) in [5.41, 5.74) is 2.82. The van der Waals surface area contributed by atoms with E-state index in [0.29, 0.717) is 0 Å². The molecule has 72 valence electrons. The third-order valence-corrected chi connectivity index (χ3v) is 2.43. The monoisotopic (exact) mass is 180 g/mol. The van der Waals surface area contributed by atoms with Crippen molar-refractivity contribution in [1.29, 1.82) is 0 Å². The van der Waals surface area contributed by atoms with Crippen LogP contribution in [0.3, 0.4) is 0 Å².